The Morgan fingerprint density at radius 1 is 1.27 bits per heavy atom. The third kappa shape index (κ3) is 3.55. The van der Waals surface area contributed by atoms with Crippen LogP contribution in [0.2, 0.25) is 0 Å². The molecule has 0 radical (unpaired) electrons. The number of nitrogens with two attached hydrogens (primary N) is 1. The van der Waals surface area contributed by atoms with E-state index in [1.165, 1.54) is 22.6 Å². The van der Waals surface area contributed by atoms with Crippen LogP contribution in [0, 0.1) is 12.7 Å². The lowest BCUT2D eigenvalue weighted by molar-refractivity contribution is -0.667. The fourth-order valence-corrected chi connectivity index (χ4v) is 5.62. The lowest BCUT2D eigenvalue weighted by atomic mass is 10.2. The topological polar surface area (TPSA) is 108 Å². The summed E-state index contributed by atoms with van der Waals surface area (Å²) in [5.41, 5.74) is 7.56. The summed E-state index contributed by atoms with van der Waals surface area (Å²) in [6.07, 6.45) is 3.08. The number of fused-ring (bicyclic) bond motifs is 2. The lowest BCUT2D eigenvalue weighted by Crippen LogP contribution is -2.45. The van der Waals surface area contributed by atoms with E-state index in [1.54, 1.807) is 16.8 Å². The van der Waals surface area contributed by atoms with E-state index in [4.69, 9.17) is 15.5 Å². The minimum absolute atomic E-state index is 0.0489. The summed E-state index contributed by atoms with van der Waals surface area (Å²) in [7, 11) is -4.14. The highest BCUT2D eigenvalue weighted by molar-refractivity contribution is 7.91. The zero-order valence-corrected chi connectivity index (χ0v) is 18.7. The standard InChI is InChI=1S/C23H21FN4O4S/c1-14-4-2-10-27-21(14)26-22-18(23(27)29)12-19(20(25)28(22)13-16-5-3-11-32-16)33(30,31)17-8-6-15(24)7-9-17/h2,4,6-10,12,16,25H,3,5,11,13H2,1H3/p+1/t16-/m1/s1. The van der Waals surface area contributed by atoms with Crippen molar-refractivity contribution in [3.63, 3.8) is 0 Å². The molecule has 170 valence electrons. The van der Waals surface area contributed by atoms with Crippen molar-refractivity contribution in [2.24, 2.45) is 0 Å². The van der Waals surface area contributed by atoms with E-state index in [1.807, 2.05) is 13.0 Å². The number of rotatable bonds is 4. The normalized spacial score (nSPS) is 16.6. The average Bonchev–Trinajstić information content (AvgIpc) is 3.30. The fraction of sp³-hybridized carbons (Fsp3) is 0.261. The fourth-order valence-electron chi connectivity index (χ4n) is 4.22. The molecular formula is C23H22FN4O4S+. The molecule has 0 unspecified atom stereocenters. The van der Waals surface area contributed by atoms with Crippen LogP contribution in [0.25, 0.3) is 16.7 Å². The summed E-state index contributed by atoms with van der Waals surface area (Å²) in [5, 5.41) is 0.117. The second-order valence-corrected chi connectivity index (χ2v) is 10.1. The van der Waals surface area contributed by atoms with Crippen LogP contribution in [0.1, 0.15) is 18.4 Å². The zero-order chi connectivity index (χ0) is 23.3. The average molecular weight is 470 g/mol. The summed E-state index contributed by atoms with van der Waals surface area (Å²) >= 11 is 0. The Kier molecular flexibility index (Phi) is 5.13. The van der Waals surface area contributed by atoms with E-state index in [9.17, 15) is 17.6 Å². The van der Waals surface area contributed by atoms with Crippen LogP contribution in [-0.4, -0.2) is 30.5 Å². The number of sulfone groups is 1. The van der Waals surface area contributed by atoms with Crippen LogP contribution in [-0.2, 0) is 21.1 Å². The number of aryl methyl sites for hydroxylation is 1. The first kappa shape index (κ1) is 21.5. The van der Waals surface area contributed by atoms with E-state index in [-0.39, 0.29) is 33.6 Å². The molecule has 1 atom stereocenters. The number of hydrogen-bond acceptors (Lipinski definition) is 6. The number of pyridine rings is 2. The molecule has 5 rings (SSSR count). The quantitative estimate of drug-likeness (QED) is 0.279. The zero-order valence-electron chi connectivity index (χ0n) is 17.9. The van der Waals surface area contributed by atoms with Gasteiger partial charge in [0.05, 0.1) is 17.5 Å². The molecule has 3 aromatic heterocycles. The molecule has 1 aromatic carbocycles. The number of nitrogens with zero attached hydrogens (tertiary/aromatic N) is 3. The van der Waals surface area contributed by atoms with Gasteiger partial charge in [-0.05, 0) is 56.2 Å². The smallest absolute Gasteiger partial charge is 0.278 e. The van der Waals surface area contributed by atoms with Crippen molar-refractivity contribution >= 4 is 32.3 Å². The Morgan fingerprint density at radius 3 is 2.73 bits per heavy atom. The molecule has 1 saturated heterocycles. The number of nitrogen functional groups attached to an aromatic ring is 1. The molecule has 0 aliphatic carbocycles. The highest BCUT2D eigenvalue weighted by Crippen LogP contribution is 2.27. The highest BCUT2D eigenvalue weighted by Gasteiger charge is 2.31. The van der Waals surface area contributed by atoms with E-state index >= 15 is 0 Å². The van der Waals surface area contributed by atoms with E-state index < -0.39 is 21.2 Å². The number of aromatic nitrogens is 3. The monoisotopic (exact) mass is 469 g/mol. The Balaban J connectivity index is 1.84. The summed E-state index contributed by atoms with van der Waals surface area (Å²) in [4.78, 5) is 17.7. The van der Waals surface area contributed by atoms with E-state index in [0.717, 1.165) is 30.5 Å². The summed E-state index contributed by atoms with van der Waals surface area (Å²) in [6.45, 7) is 2.70. The van der Waals surface area contributed by atoms with Crippen molar-refractivity contribution in [3.05, 3.63) is 70.4 Å². The number of hydrogen-bond donors (Lipinski definition) is 1. The van der Waals surface area contributed by atoms with Crippen LogP contribution in [0.5, 0.6) is 0 Å². The lowest BCUT2D eigenvalue weighted by Gasteiger charge is -2.15. The van der Waals surface area contributed by atoms with E-state index in [0.29, 0.717) is 17.9 Å². The van der Waals surface area contributed by atoms with Gasteiger partial charge in [0.2, 0.25) is 21.3 Å². The number of ether oxygens (including phenoxy) is 1. The molecule has 1 fully saturated rings. The Bertz CT molecular complexity index is 1560. The second kappa shape index (κ2) is 7.89. The van der Waals surface area contributed by atoms with Crippen LogP contribution in [0.3, 0.4) is 0 Å². The molecule has 1 aliphatic heterocycles. The van der Waals surface area contributed by atoms with Gasteiger partial charge in [-0.15, -0.1) is 0 Å². The number of halogens is 1. The van der Waals surface area contributed by atoms with Crippen LogP contribution in [0.4, 0.5) is 10.2 Å². The van der Waals surface area contributed by atoms with Gasteiger partial charge in [-0.3, -0.25) is 9.20 Å². The highest BCUT2D eigenvalue weighted by atomic mass is 32.2. The van der Waals surface area contributed by atoms with Crippen molar-refractivity contribution < 1.29 is 22.1 Å². The van der Waals surface area contributed by atoms with Gasteiger partial charge in [0.25, 0.3) is 11.2 Å². The van der Waals surface area contributed by atoms with Crippen LogP contribution >= 0.6 is 0 Å². The molecule has 0 saturated carbocycles. The van der Waals surface area contributed by atoms with Crippen molar-refractivity contribution in [2.75, 3.05) is 12.3 Å². The van der Waals surface area contributed by atoms with E-state index in [2.05, 4.69) is 0 Å². The molecule has 1 aliphatic rings. The Morgan fingerprint density at radius 2 is 2.03 bits per heavy atom. The molecule has 4 aromatic rings. The molecular weight excluding hydrogens is 447 g/mol. The van der Waals surface area contributed by atoms with Crippen molar-refractivity contribution in [1.82, 2.24) is 9.38 Å². The molecule has 8 nitrogen and oxygen atoms in total. The summed E-state index contributed by atoms with van der Waals surface area (Å²) < 4.78 is 49.0. The molecule has 2 N–H and O–H groups in total. The van der Waals surface area contributed by atoms with Crippen LogP contribution in [0.15, 0.2) is 63.2 Å². The SMILES string of the molecule is Cc1cccn2c(=O)c3cc(S(=O)(=O)c4ccc(F)cc4)c(N)[n+](C[C@H]4CCCO4)c3nc12. The van der Waals surface area contributed by atoms with Gasteiger partial charge in [0, 0.05) is 18.4 Å². The predicted octanol–water partition coefficient (Wildman–Crippen LogP) is 2.18. The molecule has 0 spiro atoms. The van der Waals surface area contributed by atoms with Gasteiger partial charge < -0.3 is 10.5 Å². The minimum atomic E-state index is -4.14. The maximum atomic E-state index is 13.5. The number of benzene rings is 1. The van der Waals surface area contributed by atoms with Gasteiger partial charge in [0.1, 0.15) is 16.1 Å². The third-order valence-corrected chi connectivity index (χ3v) is 7.76. The molecule has 10 heteroatoms. The van der Waals surface area contributed by atoms with Crippen LogP contribution < -0.4 is 15.9 Å². The van der Waals surface area contributed by atoms with Gasteiger partial charge in [0.15, 0.2) is 0 Å². The largest absolute Gasteiger partial charge is 0.375 e. The predicted molar refractivity (Wildman–Crippen MR) is 119 cm³/mol. The Labute approximate surface area is 189 Å². The second-order valence-electron chi connectivity index (χ2n) is 8.14. The summed E-state index contributed by atoms with van der Waals surface area (Å²) in [6, 6.07) is 9.31. The first-order valence-electron chi connectivity index (χ1n) is 10.5. The molecule has 4 heterocycles. The first-order chi connectivity index (χ1) is 15.8. The molecule has 33 heavy (non-hydrogen) atoms. The first-order valence-corrected chi connectivity index (χ1v) is 12.0. The van der Waals surface area contributed by atoms with Gasteiger partial charge in [-0.2, -0.15) is 0 Å². The minimum Gasteiger partial charge on any atom is -0.375 e. The maximum Gasteiger partial charge on any atom is 0.278 e. The van der Waals surface area contributed by atoms with Gasteiger partial charge >= 0.3 is 0 Å². The Hall–Kier alpha value is -3.37. The molecule has 0 amide bonds. The maximum absolute atomic E-state index is 13.5. The van der Waals surface area contributed by atoms with Crippen molar-refractivity contribution in [2.45, 2.75) is 42.2 Å². The third-order valence-electron chi connectivity index (χ3n) is 5.96. The van der Waals surface area contributed by atoms with Crippen molar-refractivity contribution in [1.29, 1.82) is 0 Å². The van der Waals surface area contributed by atoms with Gasteiger partial charge in [-0.1, -0.05) is 11.1 Å². The molecule has 0 bridgehead atoms. The number of anilines is 1. The summed E-state index contributed by atoms with van der Waals surface area (Å²) in [5.74, 6) is -0.606. The van der Waals surface area contributed by atoms with Crippen molar-refractivity contribution in [3.8, 4) is 0 Å². The van der Waals surface area contributed by atoms with Gasteiger partial charge in [-0.25, -0.2) is 17.4 Å².